The van der Waals surface area contributed by atoms with Crippen LogP contribution in [-0.4, -0.2) is 21.3 Å². The van der Waals surface area contributed by atoms with Crippen molar-refractivity contribution in [2.75, 3.05) is 0 Å². The van der Waals surface area contributed by atoms with Crippen molar-refractivity contribution in [3.8, 4) is 11.1 Å². The molecule has 0 aliphatic carbocycles. The second-order valence-corrected chi connectivity index (χ2v) is 4.38. The SMILES string of the molecule is Cc1ccccc1-c1c(CCC(=O)O)n[nH]c1C. The summed E-state index contributed by atoms with van der Waals surface area (Å²) < 4.78 is 0. The molecule has 0 bridgehead atoms. The number of aliphatic carboxylic acids is 1. The summed E-state index contributed by atoms with van der Waals surface area (Å²) in [5.41, 5.74) is 5.12. The zero-order valence-corrected chi connectivity index (χ0v) is 10.5. The number of nitrogens with one attached hydrogen (secondary N) is 1. The van der Waals surface area contributed by atoms with Crippen LogP contribution >= 0.6 is 0 Å². The molecule has 1 heterocycles. The summed E-state index contributed by atoms with van der Waals surface area (Å²) in [6.07, 6.45) is 0.548. The number of carboxylic acid groups (broad SMARTS) is 1. The number of benzene rings is 1. The second kappa shape index (κ2) is 5.04. The molecule has 0 radical (unpaired) electrons. The van der Waals surface area contributed by atoms with E-state index in [0.717, 1.165) is 22.5 Å². The minimum Gasteiger partial charge on any atom is -0.481 e. The molecule has 18 heavy (non-hydrogen) atoms. The molecule has 2 aromatic rings. The topological polar surface area (TPSA) is 66.0 Å². The van der Waals surface area contributed by atoms with Crippen molar-refractivity contribution in [1.82, 2.24) is 10.2 Å². The van der Waals surface area contributed by atoms with Crippen molar-refractivity contribution in [2.45, 2.75) is 26.7 Å². The number of aryl methyl sites for hydroxylation is 3. The predicted octanol–water partition coefficient (Wildman–Crippen LogP) is 2.71. The highest BCUT2D eigenvalue weighted by Gasteiger charge is 2.14. The van der Waals surface area contributed by atoms with Crippen molar-refractivity contribution in [3.05, 3.63) is 41.2 Å². The molecule has 0 unspecified atom stereocenters. The Morgan fingerprint density at radius 1 is 1.33 bits per heavy atom. The smallest absolute Gasteiger partial charge is 0.303 e. The van der Waals surface area contributed by atoms with Crippen molar-refractivity contribution in [3.63, 3.8) is 0 Å². The molecule has 0 atom stereocenters. The van der Waals surface area contributed by atoms with Gasteiger partial charge >= 0.3 is 5.97 Å². The number of aromatic amines is 1. The highest BCUT2D eigenvalue weighted by atomic mass is 16.4. The van der Waals surface area contributed by atoms with Crippen LogP contribution in [0.25, 0.3) is 11.1 Å². The van der Waals surface area contributed by atoms with Gasteiger partial charge in [-0.15, -0.1) is 0 Å². The molecule has 0 saturated carbocycles. The molecular formula is C14H16N2O2. The van der Waals surface area contributed by atoms with Gasteiger partial charge in [-0.25, -0.2) is 0 Å². The van der Waals surface area contributed by atoms with Crippen molar-refractivity contribution in [2.24, 2.45) is 0 Å². The van der Waals surface area contributed by atoms with Crippen LogP contribution in [0, 0.1) is 13.8 Å². The minimum absolute atomic E-state index is 0.100. The quantitative estimate of drug-likeness (QED) is 0.869. The maximum atomic E-state index is 10.7. The molecule has 2 rings (SSSR count). The Hall–Kier alpha value is -2.10. The first-order valence-electron chi connectivity index (χ1n) is 5.91. The molecule has 0 aliphatic heterocycles. The van der Waals surface area contributed by atoms with Gasteiger partial charge in [0, 0.05) is 17.7 Å². The van der Waals surface area contributed by atoms with E-state index >= 15 is 0 Å². The lowest BCUT2D eigenvalue weighted by Crippen LogP contribution is -1.99. The van der Waals surface area contributed by atoms with Gasteiger partial charge < -0.3 is 5.11 Å². The van der Waals surface area contributed by atoms with Crippen molar-refractivity contribution < 1.29 is 9.90 Å². The molecule has 0 amide bonds. The van der Waals surface area contributed by atoms with Gasteiger partial charge in [0.15, 0.2) is 0 Å². The second-order valence-electron chi connectivity index (χ2n) is 4.38. The normalized spacial score (nSPS) is 10.6. The summed E-state index contributed by atoms with van der Waals surface area (Å²) in [6.45, 7) is 4.00. The lowest BCUT2D eigenvalue weighted by Gasteiger charge is -2.07. The number of H-pyrrole nitrogens is 1. The van der Waals surface area contributed by atoms with Crippen LogP contribution < -0.4 is 0 Å². The van der Waals surface area contributed by atoms with Crippen LogP contribution in [0.3, 0.4) is 0 Å². The van der Waals surface area contributed by atoms with Gasteiger partial charge in [-0.3, -0.25) is 9.89 Å². The first-order chi connectivity index (χ1) is 8.59. The number of aromatic nitrogens is 2. The molecule has 1 aromatic heterocycles. The number of hydrogen-bond acceptors (Lipinski definition) is 2. The average molecular weight is 244 g/mol. The van der Waals surface area contributed by atoms with E-state index < -0.39 is 5.97 Å². The van der Waals surface area contributed by atoms with Crippen LogP contribution in [0.1, 0.15) is 23.4 Å². The van der Waals surface area contributed by atoms with Crippen molar-refractivity contribution in [1.29, 1.82) is 0 Å². The number of rotatable bonds is 4. The number of carboxylic acids is 1. The molecule has 1 aromatic carbocycles. The molecule has 0 spiro atoms. The fourth-order valence-corrected chi connectivity index (χ4v) is 2.10. The van der Waals surface area contributed by atoms with Gasteiger partial charge in [-0.05, 0) is 25.0 Å². The summed E-state index contributed by atoms with van der Waals surface area (Å²) in [5.74, 6) is -0.800. The van der Waals surface area contributed by atoms with Gasteiger partial charge in [-0.1, -0.05) is 24.3 Å². The fraction of sp³-hybridized carbons (Fsp3) is 0.286. The highest BCUT2D eigenvalue weighted by molar-refractivity contribution is 5.73. The molecular weight excluding hydrogens is 228 g/mol. The minimum atomic E-state index is -0.800. The Kier molecular flexibility index (Phi) is 3.46. The maximum Gasteiger partial charge on any atom is 0.303 e. The first-order valence-corrected chi connectivity index (χ1v) is 5.91. The summed E-state index contributed by atoms with van der Waals surface area (Å²) >= 11 is 0. The van der Waals surface area contributed by atoms with E-state index in [-0.39, 0.29) is 6.42 Å². The van der Waals surface area contributed by atoms with Crippen LogP contribution in [0.4, 0.5) is 0 Å². The van der Waals surface area contributed by atoms with Crippen LogP contribution in [0.5, 0.6) is 0 Å². The predicted molar refractivity (Wildman–Crippen MR) is 69.5 cm³/mol. The zero-order valence-electron chi connectivity index (χ0n) is 10.5. The molecule has 0 fully saturated rings. The standard InChI is InChI=1S/C14H16N2O2/c1-9-5-3-4-6-11(9)14-10(2)15-16-12(14)7-8-13(17)18/h3-6H,7-8H2,1-2H3,(H,15,16)(H,17,18). The first kappa shape index (κ1) is 12.4. The van der Waals surface area contributed by atoms with E-state index in [4.69, 9.17) is 5.11 Å². The van der Waals surface area contributed by atoms with Gasteiger partial charge in [0.1, 0.15) is 0 Å². The van der Waals surface area contributed by atoms with E-state index in [9.17, 15) is 4.79 Å². The summed E-state index contributed by atoms with van der Waals surface area (Å²) in [6, 6.07) is 8.06. The van der Waals surface area contributed by atoms with E-state index in [2.05, 4.69) is 10.2 Å². The molecule has 4 heteroatoms. The lowest BCUT2D eigenvalue weighted by molar-refractivity contribution is -0.136. The Morgan fingerprint density at radius 3 is 2.72 bits per heavy atom. The van der Waals surface area contributed by atoms with Crippen molar-refractivity contribution >= 4 is 5.97 Å². The van der Waals surface area contributed by atoms with E-state index in [1.807, 2.05) is 38.1 Å². The monoisotopic (exact) mass is 244 g/mol. The van der Waals surface area contributed by atoms with Crippen LogP contribution in [0.2, 0.25) is 0 Å². The molecule has 4 nitrogen and oxygen atoms in total. The number of carbonyl (C=O) groups is 1. The third-order valence-electron chi connectivity index (χ3n) is 3.01. The molecule has 0 aliphatic rings. The summed E-state index contributed by atoms with van der Waals surface area (Å²) in [4.78, 5) is 10.7. The molecule has 94 valence electrons. The Labute approximate surface area is 106 Å². The van der Waals surface area contributed by atoms with Crippen LogP contribution in [-0.2, 0) is 11.2 Å². The average Bonchev–Trinajstić information content (AvgIpc) is 2.69. The third kappa shape index (κ3) is 2.42. The van der Waals surface area contributed by atoms with Gasteiger partial charge in [0.05, 0.1) is 12.1 Å². The van der Waals surface area contributed by atoms with E-state index in [1.54, 1.807) is 0 Å². The maximum absolute atomic E-state index is 10.7. The fourth-order valence-electron chi connectivity index (χ4n) is 2.10. The molecule has 2 N–H and O–H groups in total. The summed E-state index contributed by atoms with van der Waals surface area (Å²) in [7, 11) is 0. The van der Waals surface area contributed by atoms with E-state index in [0.29, 0.717) is 6.42 Å². The molecule has 0 saturated heterocycles. The van der Waals surface area contributed by atoms with E-state index in [1.165, 1.54) is 5.56 Å². The largest absolute Gasteiger partial charge is 0.481 e. The van der Waals surface area contributed by atoms with Gasteiger partial charge in [0.25, 0.3) is 0 Å². The highest BCUT2D eigenvalue weighted by Crippen LogP contribution is 2.29. The Morgan fingerprint density at radius 2 is 2.06 bits per heavy atom. The number of hydrogen-bond donors (Lipinski definition) is 2. The van der Waals surface area contributed by atoms with Gasteiger partial charge in [-0.2, -0.15) is 5.10 Å². The zero-order chi connectivity index (χ0) is 13.1. The summed E-state index contributed by atoms with van der Waals surface area (Å²) in [5, 5.41) is 15.9. The Bertz CT molecular complexity index is 573. The van der Waals surface area contributed by atoms with Crippen LogP contribution in [0.15, 0.2) is 24.3 Å². The van der Waals surface area contributed by atoms with Gasteiger partial charge in [0.2, 0.25) is 0 Å². The number of nitrogens with zero attached hydrogens (tertiary/aromatic N) is 1. The third-order valence-corrected chi connectivity index (χ3v) is 3.01. The Balaban J connectivity index is 2.41. The lowest BCUT2D eigenvalue weighted by atomic mass is 9.97.